The van der Waals surface area contributed by atoms with Crippen molar-refractivity contribution in [3.05, 3.63) is 22.7 Å². The maximum absolute atomic E-state index is 13.0. The number of nitrogen functional groups attached to an aromatic ring is 1. The number of amides is 1. The highest BCUT2D eigenvalue weighted by Crippen LogP contribution is 2.39. The standard InChI is InChI=1S/C21H27ClN2O3/c1-4-5-12(2)27-20-9-19(23)18(22)8-17(20)21(25)24-16-6-14-10-26-11-15(7-16)13(14)3/h8-9,12-16H,6-7,10-11,23H2,1-3H3,(H,24,25). The molecule has 1 aromatic rings. The Kier molecular flexibility index (Phi) is 6.18. The highest BCUT2D eigenvalue weighted by Gasteiger charge is 2.39. The maximum atomic E-state index is 13.0. The van der Waals surface area contributed by atoms with E-state index in [1.165, 1.54) is 0 Å². The quantitative estimate of drug-likeness (QED) is 0.609. The van der Waals surface area contributed by atoms with Gasteiger partial charge in [0, 0.05) is 25.3 Å². The number of hydrogen-bond donors (Lipinski definition) is 2. The number of hydrogen-bond acceptors (Lipinski definition) is 4. The van der Waals surface area contributed by atoms with Gasteiger partial charge in [-0.3, -0.25) is 4.79 Å². The van der Waals surface area contributed by atoms with Crippen LogP contribution in [-0.4, -0.2) is 31.3 Å². The average Bonchev–Trinajstić information content (AvgIpc) is 2.59. The topological polar surface area (TPSA) is 73.6 Å². The summed E-state index contributed by atoms with van der Waals surface area (Å²) in [5, 5.41) is 3.50. The number of anilines is 1. The van der Waals surface area contributed by atoms with E-state index in [2.05, 4.69) is 24.1 Å². The molecule has 1 saturated heterocycles. The molecule has 1 aromatic carbocycles. The molecule has 1 amide bonds. The van der Waals surface area contributed by atoms with E-state index in [4.69, 9.17) is 26.8 Å². The molecule has 1 heterocycles. The van der Waals surface area contributed by atoms with Crippen molar-refractivity contribution in [1.29, 1.82) is 0 Å². The van der Waals surface area contributed by atoms with Crippen LogP contribution in [-0.2, 0) is 4.74 Å². The van der Waals surface area contributed by atoms with Gasteiger partial charge in [-0.25, -0.2) is 0 Å². The normalized spacial score (nSPS) is 27.9. The van der Waals surface area contributed by atoms with E-state index in [1.807, 2.05) is 6.92 Å². The lowest BCUT2D eigenvalue weighted by Gasteiger charge is -2.44. The van der Waals surface area contributed by atoms with Gasteiger partial charge < -0.3 is 20.5 Å². The Morgan fingerprint density at radius 1 is 1.37 bits per heavy atom. The largest absolute Gasteiger partial charge is 0.477 e. The van der Waals surface area contributed by atoms with E-state index < -0.39 is 0 Å². The number of carbonyl (C=O) groups excluding carboxylic acids is 1. The zero-order valence-electron chi connectivity index (χ0n) is 16.0. The van der Waals surface area contributed by atoms with Gasteiger partial charge in [0.1, 0.15) is 5.75 Å². The summed E-state index contributed by atoms with van der Waals surface area (Å²) in [7, 11) is 0. The molecule has 5 nitrogen and oxygen atoms in total. The summed E-state index contributed by atoms with van der Waals surface area (Å²) < 4.78 is 11.5. The lowest BCUT2D eigenvalue weighted by Crippen LogP contribution is -2.48. The van der Waals surface area contributed by atoms with E-state index in [0.717, 1.165) is 26.1 Å². The molecule has 3 unspecified atom stereocenters. The van der Waals surface area contributed by atoms with Gasteiger partial charge in [0.05, 0.1) is 16.3 Å². The van der Waals surface area contributed by atoms with Crippen molar-refractivity contribution in [1.82, 2.24) is 5.32 Å². The lowest BCUT2D eigenvalue weighted by molar-refractivity contribution is -0.0569. The van der Waals surface area contributed by atoms with Crippen molar-refractivity contribution in [2.45, 2.75) is 45.8 Å². The Bertz CT molecular complexity index is 757. The summed E-state index contributed by atoms with van der Waals surface area (Å²) in [5.41, 5.74) is 6.67. The molecular formula is C21H27ClN2O3. The first-order valence-corrected chi connectivity index (χ1v) is 9.83. The van der Waals surface area contributed by atoms with Gasteiger partial charge in [-0.1, -0.05) is 24.4 Å². The number of carbonyl (C=O) groups is 1. The van der Waals surface area contributed by atoms with E-state index in [0.29, 0.717) is 39.8 Å². The fraction of sp³-hybridized carbons (Fsp3) is 0.571. The van der Waals surface area contributed by atoms with Gasteiger partial charge in [-0.2, -0.15) is 0 Å². The van der Waals surface area contributed by atoms with Crippen molar-refractivity contribution < 1.29 is 14.3 Å². The SMILES string of the molecule is CC#CC(C)Oc1cc(N)c(Cl)cc1C(=O)NC1CC2COCC(C1)C2C. The number of nitrogens with one attached hydrogen (secondary N) is 1. The van der Waals surface area contributed by atoms with Crippen LogP contribution in [0.1, 0.15) is 44.0 Å². The van der Waals surface area contributed by atoms with Crippen LogP contribution >= 0.6 is 11.6 Å². The zero-order chi connectivity index (χ0) is 19.6. The summed E-state index contributed by atoms with van der Waals surface area (Å²) in [6.07, 6.45) is 1.51. The second kappa shape index (κ2) is 8.41. The highest BCUT2D eigenvalue weighted by molar-refractivity contribution is 6.33. The minimum Gasteiger partial charge on any atom is -0.477 e. The minimum absolute atomic E-state index is 0.129. The van der Waals surface area contributed by atoms with E-state index >= 15 is 0 Å². The van der Waals surface area contributed by atoms with Crippen molar-refractivity contribution in [3.63, 3.8) is 0 Å². The number of nitrogens with two attached hydrogens (primary N) is 1. The number of rotatable bonds is 4. The van der Waals surface area contributed by atoms with Gasteiger partial charge in [0.25, 0.3) is 5.91 Å². The van der Waals surface area contributed by atoms with Gasteiger partial charge in [-0.15, -0.1) is 5.92 Å². The second-order valence-electron chi connectivity index (χ2n) is 7.58. The van der Waals surface area contributed by atoms with E-state index in [9.17, 15) is 4.79 Å². The van der Waals surface area contributed by atoms with Crippen LogP contribution in [0.4, 0.5) is 5.69 Å². The van der Waals surface area contributed by atoms with Crippen LogP contribution < -0.4 is 15.8 Å². The monoisotopic (exact) mass is 390 g/mol. The van der Waals surface area contributed by atoms with Gasteiger partial charge >= 0.3 is 0 Å². The van der Waals surface area contributed by atoms with Crippen LogP contribution in [0.5, 0.6) is 5.75 Å². The van der Waals surface area contributed by atoms with Gasteiger partial charge in [-0.05, 0) is 50.5 Å². The zero-order valence-corrected chi connectivity index (χ0v) is 16.8. The van der Waals surface area contributed by atoms with Gasteiger partial charge in [0.15, 0.2) is 6.10 Å². The van der Waals surface area contributed by atoms with Crippen LogP contribution in [0, 0.1) is 29.6 Å². The summed E-state index contributed by atoms with van der Waals surface area (Å²) in [5.74, 6) is 7.56. The van der Waals surface area contributed by atoms with E-state index in [1.54, 1.807) is 19.1 Å². The number of halogens is 1. The Hall–Kier alpha value is -1.90. The molecule has 1 aliphatic carbocycles. The summed E-state index contributed by atoms with van der Waals surface area (Å²) in [6.45, 7) is 7.41. The van der Waals surface area contributed by atoms with Crippen LogP contribution in [0.25, 0.3) is 0 Å². The molecule has 1 saturated carbocycles. The Balaban J connectivity index is 1.77. The molecule has 0 radical (unpaired) electrons. The van der Waals surface area contributed by atoms with Crippen molar-refractivity contribution in [2.75, 3.05) is 18.9 Å². The Morgan fingerprint density at radius 2 is 2.04 bits per heavy atom. The average molecular weight is 391 g/mol. The third kappa shape index (κ3) is 4.51. The number of fused-ring (bicyclic) bond motifs is 2. The highest BCUT2D eigenvalue weighted by atomic mass is 35.5. The smallest absolute Gasteiger partial charge is 0.255 e. The van der Waals surface area contributed by atoms with Crippen LogP contribution in [0.2, 0.25) is 5.02 Å². The molecule has 1 aliphatic heterocycles. The molecule has 3 rings (SSSR count). The molecule has 0 aromatic heterocycles. The predicted molar refractivity (Wildman–Crippen MR) is 107 cm³/mol. The molecule has 3 N–H and O–H groups in total. The molecule has 2 bridgehead atoms. The molecular weight excluding hydrogens is 364 g/mol. The van der Waals surface area contributed by atoms with Crippen molar-refractivity contribution in [2.24, 2.45) is 17.8 Å². The number of benzene rings is 1. The van der Waals surface area contributed by atoms with E-state index in [-0.39, 0.29) is 18.1 Å². The molecule has 27 heavy (non-hydrogen) atoms. The first kappa shape index (κ1) is 19.9. The Labute approximate surface area is 165 Å². The molecule has 0 spiro atoms. The van der Waals surface area contributed by atoms with Crippen molar-refractivity contribution >= 4 is 23.2 Å². The maximum Gasteiger partial charge on any atom is 0.255 e. The fourth-order valence-corrected chi connectivity index (χ4v) is 4.26. The third-order valence-electron chi connectivity index (χ3n) is 5.66. The molecule has 6 heteroatoms. The molecule has 2 fully saturated rings. The fourth-order valence-electron chi connectivity index (χ4n) is 4.10. The van der Waals surface area contributed by atoms with Crippen LogP contribution in [0.3, 0.4) is 0 Å². The summed E-state index contributed by atoms with van der Waals surface area (Å²) in [4.78, 5) is 13.0. The third-order valence-corrected chi connectivity index (χ3v) is 5.98. The predicted octanol–water partition coefficient (Wildman–Crippen LogP) is 3.50. The minimum atomic E-state index is -0.353. The summed E-state index contributed by atoms with van der Waals surface area (Å²) in [6, 6.07) is 3.30. The first-order valence-electron chi connectivity index (χ1n) is 9.45. The summed E-state index contributed by atoms with van der Waals surface area (Å²) >= 11 is 6.16. The Morgan fingerprint density at radius 3 is 2.67 bits per heavy atom. The lowest BCUT2D eigenvalue weighted by atomic mass is 9.70. The number of ether oxygens (including phenoxy) is 2. The first-order chi connectivity index (χ1) is 12.9. The van der Waals surface area contributed by atoms with Crippen LogP contribution in [0.15, 0.2) is 12.1 Å². The molecule has 146 valence electrons. The van der Waals surface area contributed by atoms with Crippen molar-refractivity contribution in [3.8, 4) is 17.6 Å². The van der Waals surface area contributed by atoms with Gasteiger partial charge in [0.2, 0.25) is 0 Å². The second-order valence-corrected chi connectivity index (χ2v) is 7.99. The molecule has 3 atom stereocenters. The molecule has 2 aliphatic rings.